The molecule has 1 fully saturated rings. The molecule has 0 bridgehead atoms. The van der Waals surface area contributed by atoms with Gasteiger partial charge in [0.25, 0.3) is 5.91 Å². The number of aromatic nitrogens is 3. The summed E-state index contributed by atoms with van der Waals surface area (Å²) in [5, 5.41) is 7.65. The van der Waals surface area contributed by atoms with Crippen LogP contribution in [0.2, 0.25) is 0 Å². The Balaban J connectivity index is 1.78. The van der Waals surface area contributed by atoms with Gasteiger partial charge in [0.05, 0.1) is 17.4 Å². The molecule has 140 valence electrons. The van der Waals surface area contributed by atoms with Crippen molar-refractivity contribution in [1.29, 1.82) is 0 Å². The number of carbonyl (C=O) groups is 1. The van der Waals surface area contributed by atoms with E-state index in [1.165, 1.54) is 23.0 Å². The molecule has 26 heavy (non-hydrogen) atoms. The molecule has 1 aromatic carbocycles. The molecule has 6 nitrogen and oxygen atoms in total. The second-order valence-electron chi connectivity index (χ2n) is 6.61. The number of likely N-dealkylation sites (tertiary alicyclic amines) is 1. The van der Waals surface area contributed by atoms with E-state index in [-0.39, 0.29) is 29.2 Å². The summed E-state index contributed by atoms with van der Waals surface area (Å²) in [5.41, 5.74) is 5.45. The first-order valence-corrected chi connectivity index (χ1v) is 8.40. The monoisotopic (exact) mass is 367 g/mol. The molecule has 2 unspecified atom stereocenters. The topological polar surface area (TPSA) is 77.0 Å². The molecule has 0 spiro atoms. The molecule has 3 rings (SSSR count). The Morgan fingerprint density at radius 3 is 2.85 bits per heavy atom. The highest BCUT2D eigenvalue weighted by atomic mass is 19.4. The lowest BCUT2D eigenvalue weighted by molar-refractivity contribution is -0.137. The van der Waals surface area contributed by atoms with Crippen LogP contribution in [0.4, 0.5) is 13.2 Å². The molecule has 0 aliphatic carbocycles. The van der Waals surface area contributed by atoms with Gasteiger partial charge in [-0.05, 0) is 43.9 Å². The zero-order valence-corrected chi connectivity index (χ0v) is 14.3. The smallest absolute Gasteiger partial charge is 0.337 e. The number of amides is 1. The molecule has 1 aliphatic heterocycles. The highest BCUT2D eigenvalue weighted by Gasteiger charge is 2.31. The molecule has 1 aliphatic rings. The summed E-state index contributed by atoms with van der Waals surface area (Å²) in [5.74, 6) is -0.0558. The van der Waals surface area contributed by atoms with Crippen LogP contribution < -0.4 is 5.73 Å². The van der Waals surface area contributed by atoms with Crippen LogP contribution in [-0.2, 0) is 6.18 Å². The number of nitrogens with two attached hydrogens (primary N) is 1. The van der Waals surface area contributed by atoms with Crippen molar-refractivity contribution in [3.63, 3.8) is 0 Å². The van der Waals surface area contributed by atoms with Crippen LogP contribution in [0.25, 0.3) is 5.69 Å². The van der Waals surface area contributed by atoms with Gasteiger partial charge >= 0.3 is 6.18 Å². The van der Waals surface area contributed by atoms with Gasteiger partial charge < -0.3 is 10.6 Å². The SMILES string of the molecule is CC(N)C1CCCN(C(=O)c2cn(-c3cccc(C(F)(F)F)c3)nn2)C1. The predicted molar refractivity (Wildman–Crippen MR) is 88.6 cm³/mol. The number of nitrogens with zero attached hydrogens (tertiary/aromatic N) is 4. The lowest BCUT2D eigenvalue weighted by atomic mass is 9.92. The quantitative estimate of drug-likeness (QED) is 0.904. The molecule has 2 heterocycles. The van der Waals surface area contributed by atoms with Crippen molar-refractivity contribution in [2.75, 3.05) is 13.1 Å². The van der Waals surface area contributed by atoms with Crippen molar-refractivity contribution >= 4 is 5.91 Å². The molecule has 0 radical (unpaired) electrons. The van der Waals surface area contributed by atoms with E-state index < -0.39 is 11.7 Å². The Hall–Kier alpha value is -2.42. The first kappa shape index (κ1) is 18.4. The van der Waals surface area contributed by atoms with Crippen LogP contribution in [0.1, 0.15) is 35.8 Å². The Labute approximate surface area is 148 Å². The number of hydrogen-bond donors (Lipinski definition) is 1. The molecule has 2 atom stereocenters. The Bertz CT molecular complexity index is 787. The van der Waals surface area contributed by atoms with E-state index in [0.29, 0.717) is 13.1 Å². The summed E-state index contributed by atoms with van der Waals surface area (Å²) in [7, 11) is 0. The largest absolute Gasteiger partial charge is 0.416 e. The molecule has 1 aromatic heterocycles. The van der Waals surface area contributed by atoms with Gasteiger partial charge in [-0.2, -0.15) is 13.2 Å². The fourth-order valence-corrected chi connectivity index (χ4v) is 3.10. The normalized spacial score (nSPS) is 19.4. The van der Waals surface area contributed by atoms with Crippen LogP contribution in [0.5, 0.6) is 0 Å². The van der Waals surface area contributed by atoms with Crippen molar-refractivity contribution < 1.29 is 18.0 Å². The third-order valence-electron chi connectivity index (χ3n) is 4.64. The van der Waals surface area contributed by atoms with Gasteiger partial charge in [-0.25, -0.2) is 4.68 Å². The molecular weight excluding hydrogens is 347 g/mol. The van der Waals surface area contributed by atoms with Gasteiger partial charge in [0.1, 0.15) is 0 Å². The number of benzene rings is 1. The van der Waals surface area contributed by atoms with E-state index in [1.807, 2.05) is 6.92 Å². The summed E-state index contributed by atoms with van der Waals surface area (Å²) in [6, 6.07) is 4.71. The maximum atomic E-state index is 12.8. The number of hydrogen-bond acceptors (Lipinski definition) is 4. The number of carbonyl (C=O) groups excluding carboxylic acids is 1. The zero-order valence-electron chi connectivity index (χ0n) is 14.3. The van der Waals surface area contributed by atoms with E-state index in [1.54, 1.807) is 4.90 Å². The van der Waals surface area contributed by atoms with Crippen molar-refractivity contribution in [3.05, 3.63) is 41.7 Å². The van der Waals surface area contributed by atoms with Gasteiger partial charge in [0, 0.05) is 19.1 Å². The first-order chi connectivity index (χ1) is 12.3. The van der Waals surface area contributed by atoms with Crippen molar-refractivity contribution in [2.24, 2.45) is 11.7 Å². The van der Waals surface area contributed by atoms with Crippen molar-refractivity contribution in [2.45, 2.75) is 32.0 Å². The van der Waals surface area contributed by atoms with E-state index in [4.69, 9.17) is 5.73 Å². The Kier molecular flexibility index (Phi) is 4.99. The van der Waals surface area contributed by atoms with E-state index in [9.17, 15) is 18.0 Å². The number of rotatable bonds is 3. The van der Waals surface area contributed by atoms with Crippen LogP contribution in [0.3, 0.4) is 0 Å². The van der Waals surface area contributed by atoms with Crippen LogP contribution in [-0.4, -0.2) is 44.9 Å². The molecular formula is C17H20F3N5O. The highest BCUT2D eigenvalue weighted by molar-refractivity contribution is 5.92. The minimum absolute atomic E-state index is 0.00797. The molecule has 2 N–H and O–H groups in total. The second kappa shape index (κ2) is 7.06. The molecule has 9 heteroatoms. The van der Waals surface area contributed by atoms with Gasteiger partial charge in [0.2, 0.25) is 0 Å². The third-order valence-corrected chi connectivity index (χ3v) is 4.64. The van der Waals surface area contributed by atoms with E-state index in [2.05, 4.69) is 10.3 Å². The fourth-order valence-electron chi connectivity index (χ4n) is 3.10. The molecule has 1 amide bonds. The summed E-state index contributed by atoms with van der Waals surface area (Å²) in [4.78, 5) is 14.3. The van der Waals surface area contributed by atoms with Gasteiger partial charge in [-0.15, -0.1) is 5.10 Å². The highest BCUT2D eigenvalue weighted by Crippen LogP contribution is 2.30. The van der Waals surface area contributed by atoms with Crippen molar-refractivity contribution in [3.8, 4) is 5.69 Å². The first-order valence-electron chi connectivity index (χ1n) is 8.40. The average Bonchev–Trinajstić information content (AvgIpc) is 3.10. The maximum absolute atomic E-state index is 12.8. The summed E-state index contributed by atoms with van der Waals surface area (Å²) in [6.45, 7) is 3.08. The van der Waals surface area contributed by atoms with Gasteiger partial charge in [-0.1, -0.05) is 11.3 Å². The average molecular weight is 367 g/mol. The number of piperidine rings is 1. The maximum Gasteiger partial charge on any atom is 0.416 e. The summed E-state index contributed by atoms with van der Waals surface area (Å²) < 4.78 is 39.7. The van der Waals surface area contributed by atoms with E-state index in [0.717, 1.165) is 25.0 Å². The summed E-state index contributed by atoms with van der Waals surface area (Å²) in [6.07, 6.45) is -1.26. The van der Waals surface area contributed by atoms with Crippen LogP contribution in [0.15, 0.2) is 30.5 Å². The van der Waals surface area contributed by atoms with E-state index >= 15 is 0 Å². The number of halogens is 3. The Morgan fingerprint density at radius 1 is 1.38 bits per heavy atom. The third kappa shape index (κ3) is 3.87. The lowest BCUT2D eigenvalue weighted by Gasteiger charge is -2.34. The minimum atomic E-state index is -4.45. The molecule has 2 aromatic rings. The molecule has 0 saturated carbocycles. The number of alkyl halides is 3. The summed E-state index contributed by atoms with van der Waals surface area (Å²) >= 11 is 0. The van der Waals surface area contributed by atoms with Crippen molar-refractivity contribution in [1.82, 2.24) is 19.9 Å². The van der Waals surface area contributed by atoms with Crippen LogP contribution in [0, 0.1) is 5.92 Å². The lowest BCUT2D eigenvalue weighted by Crippen LogP contribution is -2.45. The zero-order chi connectivity index (χ0) is 18.9. The Morgan fingerprint density at radius 2 is 2.15 bits per heavy atom. The minimum Gasteiger partial charge on any atom is -0.337 e. The fraction of sp³-hybridized carbons (Fsp3) is 0.471. The molecule has 1 saturated heterocycles. The predicted octanol–water partition coefficient (Wildman–Crippen LogP) is 2.49. The second-order valence-corrected chi connectivity index (χ2v) is 6.61. The van der Waals surface area contributed by atoms with Crippen LogP contribution >= 0.6 is 0 Å². The standard InChI is InChI=1S/C17H20F3N5O/c1-11(21)12-4-3-7-24(9-12)16(26)15-10-25(23-22-15)14-6-2-5-13(8-14)17(18,19)20/h2,5-6,8,10-12H,3-4,7,9,21H2,1H3. The van der Waals surface area contributed by atoms with Gasteiger partial charge in [-0.3, -0.25) is 4.79 Å². The van der Waals surface area contributed by atoms with Gasteiger partial charge in [0.15, 0.2) is 5.69 Å².